The summed E-state index contributed by atoms with van der Waals surface area (Å²) in [5, 5.41) is 53.8. The largest absolute Gasteiger partial charge is 0.393 e. The van der Waals surface area contributed by atoms with Crippen LogP contribution in [0.2, 0.25) is 0 Å². The van der Waals surface area contributed by atoms with Gasteiger partial charge >= 0.3 is 0 Å². The molecule has 0 heterocycles. The fourth-order valence-corrected chi connectivity index (χ4v) is 8.96. The summed E-state index contributed by atoms with van der Waals surface area (Å²) in [4.78, 5) is 0. The van der Waals surface area contributed by atoms with Crippen LogP contribution in [0.5, 0.6) is 0 Å². The Bertz CT molecular complexity index is 708. The Labute approximate surface area is 193 Å². The molecule has 0 unspecified atom stereocenters. The van der Waals surface area contributed by atoms with Crippen molar-refractivity contribution >= 4 is 0 Å². The molecule has 0 aromatic heterocycles. The third kappa shape index (κ3) is 3.71. The second-order valence-electron chi connectivity index (χ2n) is 12.7. The van der Waals surface area contributed by atoms with Crippen molar-refractivity contribution < 1.29 is 25.5 Å². The lowest BCUT2D eigenvalue weighted by Crippen LogP contribution is -2.63. The van der Waals surface area contributed by atoms with Gasteiger partial charge in [-0.05, 0) is 84.9 Å². The van der Waals surface area contributed by atoms with Gasteiger partial charge in [0.2, 0.25) is 0 Å². The van der Waals surface area contributed by atoms with Gasteiger partial charge in [0.1, 0.15) is 0 Å². The topological polar surface area (TPSA) is 101 Å². The number of hydrogen-bond acceptors (Lipinski definition) is 5. The lowest BCUT2D eigenvalue weighted by Gasteiger charge is -2.63. The fourth-order valence-electron chi connectivity index (χ4n) is 8.96. The van der Waals surface area contributed by atoms with E-state index in [0.717, 1.165) is 25.7 Å². The van der Waals surface area contributed by atoms with Gasteiger partial charge in [-0.2, -0.15) is 0 Å². The number of allylic oxidation sites excluding steroid dienone is 1. The van der Waals surface area contributed by atoms with E-state index in [1.54, 1.807) is 0 Å². The van der Waals surface area contributed by atoms with Gasteiger partial charge in [-0.25, -0.2) is 0 Å². The molecule has 13 atom stereocenters. The first-order valence-corrected chi connectivity index (χ1v) is 13.0. The third-order valence-corrected chi connectivity index (χ3v) is 10.7. The monoisotopic (exact) mass is 450 g/mol. The Kier molecular flexibility index (Phi) is 6.66. The fraction of sp³-hybridized carbons (Fsp3) is 0.926. The van der Waals surface area contributed by atoms with Crippen molar-refractivity contribution in [3.63, 3.8) is 0 Å². The smallest absolute Gasteiger partial charge is 0.0857 e. The summed E-state index contributed by atoms with van der Waals surface area (Å²) < 4.78 is 0. The van der Waals surface area contributed by atoms with E-state index in [2.05, 4.69) is 26.8 Å². The lowest BCUT2D eigenvalue weighted by molar-refractivity contribution is -0.217. The van der Waals surface area contributed by atoms with Crippen LogP contribution in [-0.4, -0.2) is 56.1 Å². The summed E-state index contributed by atoms with van der Waals surface area (Å²) in [5.41, 5.74) is -0.199. The molecule has 4 aliphatic rings. The van der Waals surface area contributed by atoms with E-state index in [9.17, 15) is 25.5 Å². The van der Waals surface area contributed by atoms with E-state index in [0.29, 0.717) is 24.7 Å². The second-order valence-corrected chi connectivity index (χ2v) is 12.7. The molecule has 4 aliphatic carbocycles. The summed E-state index contributed by atoms with van der Waals surface area (Å²) >= 11 is 0. The van der Waals surface area contributed by atoms with Crippen molar-refractivity contribution in [2.75, 3.05) is 0 Å². The number of aliphatic hydroxyl groups is 5. The van der Waals surface area contributed by atoms with Crippen LogP contribution in [0.4, 0.5) is 0 Å². The summed E-state index contributed by atoms with van der Waals surface area (Å²) in [6.45, 7) is 10.8. The Morgan fingerprint density at radius 3 is 2.06 bits per heavy atom. The quantitative estimate of drug-likeness (QED) is 0.424. The van der Waals surface area contributed by atoms with Gasteiger partial charge in [0.15, 0.2) is 0 Å². The summed E-state index contributed by atoms with van der Waals surface area (Å²) in [6.07, 6.45) is 5.87. The zero-order chi connectivity index (χ0) is 23.6. The van der Waals surface area contributed by atoms with Gasteiger partial charge in [-0.3, -0.25) is 0 Å². The van der Waals surface area contributed by atoms with Gasteiger partial charge in [0, 0.05) is 5.92 Å². The minimum Gasteiger partial charge on any atom is -0.393 e. The highest BCUT2D eigenvalue weighted by Gasteiger charge is 2.65. The van der Waals surface area contributed by atoms with Crippen molar-refractivity contribution in [3.05, 3.63) is 12.2 Å². The molecule has 5 nitrogen and oxygen atoms in total. The number of fused-ring (bicyclic) bond motifs is 5. The van der Waals surface area contributed by atoms with E-state index in [4.69, 9.17) is 0 Å². The maximum absolute atomic E-state index is 11.3. The highest BCUT2D eigenvalue weighted by Crippen LogP contribution is 2.68. The summed E-state index contributed by atoms with van der Waals surface area (Å²) in [5.74, 6) is 1.27. The van der Waals surface area contributed by atoms with Gasteiger partial charge in [-0.15, -0.1) is 0 Å². The Morgan fingerprint density at radius 2 is 1.41 bits per heavy atom. The Balaban J connectivity index is 1.60. The molecule has 4 rings (SSSR count). The lowest BCUT2D eigenvalue weighted by atomic mass is 9.43. The van der Waals surface area contributed by atoms with Crippen LogP contribution in [0.15, 0.2) is 12.2 Å². The first-order chi connectivity index (χ1) is 14.9. The minimum absolute atomic E-state index is 0.00281. The number of aliphatic hydroxyl groups excluding tert-OH is 5. The maximum atomic E-state index is 11.3. The number of hydrogen-bond donors (Lipinski definition) is 5. The number of rotatable bonds is 4. The predicted octanol–water partition coefficient (Wildman–Crippen LogP) is 3.13. The molecular weight excluding hydrogens is 404 g/mol. The Hall–Kier alpha value is -0.460. The van der Waals surface area contributed by atoms with Gasteiger partial charge in [-0.1, -0.05) is 46.8 Å². The SMILES string of the molecule is CC(C)[C@H](O)/C=C/[C@@H](C)[C@H]1C[C@@H](O)[C@H]2[C@@H]3C[C@H](O)[C@H]4[C@@H](O)[C@@H](O)CC[C@]4(C)[C@H]3CC[C@@]21C. The van der Waals surface area contributed by atoms with Crippen molar-refractivity contribution in [1.29, 1.82) is 0 Å². The van der Waals surface area contributed by atoms with Crippen LogP contribution in [0.1, 0.15) is 73.1 Å². The molecule has 0 spiro atoms. The molecule has 0 saturated heterocycles. The zero-order valence-corrected chi connectivity index (χ0v) is 20.6. The highest BCUT2D eigenvalue weighted by molar-refractivity contribution is 5.15. The van der Waals surface area contributed by atoms with Gasteiger partial charge in [0.05, 0.1) is 30.5 Å². The first kappa shape index (κ1) is 24.7. The predicted molar refractivity (Wildman–Crippen MR) is 125 cm³/mol. The van der Waals surface area contributed by atoms with Crippen LogP contribution in [0.3, 0.4) is 0 Å². The molecule has 4 fully saturated rings. The Morgan fingerprint density at radius 1 is 0.781 bits per heavy atom. The molecule has 4 saturated carbocycles. The van der Waals surface area contributed by atoms with Crippen molar-refractivity contribution in [3.8, 4) is 0 Å². The summed E-state index contributed by atoms with van der Waals surface area (Å²) in [7, 11) is 0. The van der Waals surface area contributed by atoms with E-state index in [1.165, 1.54) is 0 Å². The minimum atomic E-state index is -0.864. The normalized spacial score (nSPS) is 53.0. The standard InChI is InChI=1S/C27H46O5/c1-14(2)19(28)7-6-15(3)18-13-22(31)23-16-12-21(30)24-25(32)20(29)9-11-26(24,4)17(16)8-10-27(18,23)5/h6-7,14-25,28-32H,8-13H2,1-5H3/b7-6+/t15-,16-,17+,18-,19-,20+,21+,22-,23-,24+,25+,26-,27-/m1/s1. The summed E-state index contributed by atoms with van der Waals surface area (Å²) in [6, 6.07) is 0. The van der Waals surface area contributed by atoms with Gasteiger partial charge in [0.25, 0.3) is 0 Å². The molecule has 0 bridgehead atoms. The van der Waals surface area contributed by atoms with Crippen LogP contribution in [0, 0.1) is 52.3 Å². The molecule has 5 heteroatoms. The van der Waals surface area contributed by atoms with Crippen molar-refractivity contribution in [2.24, 2.45) is 52.3 Å². The van der Waals surface area contributed by atoms with E-state index >= 15 is 0 Å². The average Bonchev–Trinajstić information content (AvgIpc) is 2.99. The van der Waals surface area contributed by atoms with Crippen LogP contribution in [0.25, 0.3) is 0 Å². The highest BCUT2D eigenvalue weighted by atomic mass is 16.3. The van der Waals surface area contributed by atoms with E-state index < -0.39 is 24.4 Å². The molecule has 32 heavy (non-hydrogen) atoms. The molecule has 184 valence electrons. The van der Waals surface area contributed by atoms with Crippen molar-refractivity contribution in [1.82, 2.24) is 0 Å². The van der Waals surface area contributed by atoms with Crippen LogP contribution < -0.4 is 0 Å². The first-order valence-electron chi connectivity index (χ1n) is 13.0. The zero-order valence-electron chi connectivity index (χ0n) is 20.6. The molecule has 5 N–H and O–H groups in total. The van der Waals surface area contributed by atoms with Crippen LogP contribution in [-0.2, 0) is 0 Å². The van der Waals surface area contributed by atoms with E-state index in [1.807, 2.05) is 19.9 Å². The average molecular weight is 451 g/mol. The molecular formula is C27H46O5. The molecule has 0 aromatic carbocycles. The second kappa shape index (κ2) is 8.64. The maximum Gasteiger partial charge on any atom is 0.0857 e. The van der Waals surface area contributed by atoms with Crippen molar-refractivity contribution in [2.45, 2.75) is 104 Å². The van der Waals surface area contributed by atoms with Gasteiger partial charge < -0.3 is 25.5 Å². The molecule has 0 aliphatic heterocycles. The van der Waals surface area contributed by atoms with Crippen LogP contribution >= 0.6 is 0 Å². The molecule has 0 amide bonds. The molecule has 0 radical (unpaired) electrons. The molecule has 0 aromatic rings. The van der Waals surface area contributed by atoms with E-state index in [-0.39, 0.29) is 46.5 Å². The third-order valence-electron chi connectivity index (χ3n) is 10.7.